The second-order valence-electron chi connectivity index (χ2n) is 6.16. The standard InChI is InChI=1S/C19H17NO3S/c21-24(22,23)19-10-6-15(7-11-19)14-4-8-18(9-5-14)20-12-16-2-1-3-17(16)13-20/h1-11,16H,12-13H2,(H,21,22,23). The third-order valence-corrected chi connectivity index (χ3v) is 5.51. The minimum Gasteiger partial charge on any atom is -0.367 e. The van der Waals surface area contributed by atoms with Crippen LogP contribution in [-0.2, 0) is 10.1 Å². The van der Waals surface area contributed by atoms with E-state index in [1.165, 1.54) is 23.4 Å². The van der Waals surface area contributed by atoms with Crippen LogP contribution in [0.3, 0.4) is 0 Å². The molecule has 0 bridgehead atoms. The summed E-state index contributed by atoms with van der Waals surface area (Å²) in [4.78, 5) is 2.28. The monoisotopic (exact) mass is 339 g/mol. The van der Waals surface area contributed by atoms with Gasteiger partial charge in [-0.1, -0.05) is 42.5 Å². The Balaban J connectivity index is 1.54. The summed E-state index contributed by atoms with van der Waals surface area (Å²) < 4.78 is 31.2. The number of benzene rings is 2. The number of rotatable bonds is 3. The highest BCUT2D eigenvalue weighted by Gasteiger charge is 2.27. The van der Waals surface area contributed by atoms with E-state index >= 15 is 0 Å². The molecule has 0 radical (unpaired) electrons. The van der Waals surface area contributed by atoms with Crippen LogP contribution in [0, 0.1) is 5.92 Å². The minimum atomic E-state index is -4.14. The average molecular weight is 339 g/mol. The Morgan fingerprint density at radius 3 is 2.17 bits per heavy atom. The molecule has 2 aromatic rings. The van der Waals surface area contributed by atoms with E-state index in [1.807, 2.05) is 12.1 Å². The first kappa shape index (κ1) is 15.2. The Hall–Kier alpha value is -2.37. The van der Waals surface area contributed by atoms with Crippen LogP contribution in [0.4, 0.5) is 5.69 Å². The highest BCUT2D eigenvalue weighted by atomic mass is 32.2. The molecule has 2 aliphatic rings. The fourth-order valence-electron chi connectivity index (χ4n) is 3.31. The van der Waals surface area contributed by atoms with Gasteiger partial charge in [-0.2, -0.15) is 8.42 Å². The zero-order chi connectivity index (χ0) is 16.7. The van der Waals surface area contributed by atoms with Gasteiger partial charge in [0, 0.05) is 24.7 Å². The van der Waals surface area contributed by atoms with Crippen molar-refractivity contribution in [3.05, 3.63) is 72.3 Å². The number of anilines is 1. The zero-order valence-electron chi connectivity index (χ0n) is 13.0. The average Bonchev–Trinajstić information content (AvgIpc) is 3.16. The molecule has 5 heteroatoms. The highest BCUT2D eigenvalue weighted by Crippen LogP contribution is 2.32. The minimum absolute atomic E-state index is 0.0900. The molecule has 1 atom stereocenters. The Morgan fingerprint density at radius 1 is 0.958 bits per heavy atom. The predicted octanol–water partition coefficient (Wildman–Crippen LogP) is 3.53. The van der Waals surface area contributed by atoms with Crippen LogP contribution in [0.5, 0.6) is 0 Å². The van der Waals surface area contributed by atoms with E-state index < -0.39 is 10.1 Å². The van der Waals surface area contributed by atoms with Gasteiger partial charge < -0.3 is 4.90 Å². The normalized spacial score (nSPS) is 19.5. The van der Waals surface area contributed by atoms with E-state index in [4.69, 9.17) is 4.55 Å². The third-order valence-electron chi connectivity index (χ3n) is 4.64. The molecule has 1 heterocycles. The van der Waals surface area contributed by atoms with Crippen LogP contribution >= 0.6 is 0 Å². The summed E-state index contributed by atoms with van der Waals surface area (Å²) in [5, 5.41) is 0. The lowest BCUT2D eigenvalue weighted by Crippen LogP contribution is -2.19. The summed E-state index contributed by atoms with van der Waals surface area (Å²) in [5.41, 5.74) is 4.59. The maximum atomic E-state index is 11.1. The van der Waals surface area contributed by atoms with Gasteiger partial charge in [0.25, 0.3) is 10.1 Å². The summed E-state index contributed by atoms with van der Waals surface area (Å²) in [6.45, 7) is 1.99. The first-order valence-corrected chi connectivity index (χ1v) is 9.25. The van der Waals surface area contributed by atoms with Crippen molar-refractivity contribution in [1.29, 1.82) is 0 Å². The van der Waals surface area contributed by atoms with Crippen LogP contribution in [0.15, 0.2) is 77.2 Å². The lowest BCUT2D eigenvalue weighted by Gasteiger charge is -2.18. The van der Waals surface area contributed by atoms with Gasteiger partial charge in [0.1, 0.15) is 0 Å². The van der Waals surface area contributed by atoms with Crippen LogP contribution in [0.2, 0.25) is 0 Å². The first-order valence-electron chi connectivity index (χ1n) is 7.81. The van der Waals surface area contributed by atoms with E-state index in [-0.39, 0.29) is 4.90 Å². The van der Waals surface area contributed by atoms with Crippen LogP contribution in [0.25, 0.3) is 11.1 Å². The number of fused-ring (bicyclic) bond motifs is 1. The van der Waals surface area contributed by atoms with E-state index in [9.17, 15) is 8.42 Å². The molecule has 2 aromatic carbocycles. The molecular formula is C19H17NO3S. The van der Waals surface area contributed by atoms with Crippen LogP contribution in [0.1, 0.15) is 0 Å². The fourth-order valence-corrected chi connectivity index (χ4v) is 3.79. The van der Waals surface area contributed by atoms with Gasteiger partial charge in [-0.25, -0.2) is 0 Å². The number of hydrogen-bond donors (Lipinski definition) is 1. The molecule has 1 saturated heterocycles. The van der Waals surface area contributed by atoms with Crippen molar-refractivity contribution >= 4 is 15.8 Å². The third kappa shape index (κ3) is 2.77. The maximum Gasteiger partial charge on any atom is 0.294 e. The van der Waals surface area contributed by atoms with Gasteiger partial charge in [-0.05, 0) is 41.0 Å². The summed E-state index contributed by atoms with van der Waals surface area (Å²) in [5.74, 6) is 0.553. The molecule has 4 rings (SSSR count). The lowest BCUT2D eigenvalue weighted by molar-refractivity contribution is 0.483. The molecule has 1 aliphatic heterocycles. The smallest absolute Gasteiger partial charge is 0.294 e. The Bertz CT molecular complexity index is 926. The molecule has 1 aliphatic carbocycles. The van der Waals surface area contributed by atoms with Crippen LogP contribution < -0.4 is 4.90 Å². The molecule has 1 N–H and O–H groups in total. The van der Waals surface area contributed by atoms with Crippen molar-refractivity contribution in [2.24, 2.45) is 5.92 Å². The fraction of sp³-hybridized carbons (Fsp3) is 0.158. The molecule has 24 heavy (non-hydrogen) atoms. The van der Waals surface area contributed by atoms with E-state index in [0.29, 0.717) is 5.92 Å². The van der Waals surface area contributed by atoms with Crippen molar-refractivity contribution in [2.45, 2.75) is 4.90 Å². The topological polar surface area (TPSA) is 57.6 Å². The molecule has 0 spiro atoms. The summed E-state index contributed by atoms with van der Waals surface area (Å²) in [7, 11) is -4.14. The summed E-state index contributed by atoms with van der Waals surface area (Å²) in [6.07, 6.45) is 6.59. The SMILES string of the molecule is O=S(=O)(O)c1ccc(-c2ccc(N3CC4=CC=CC4C3)cc2)cc1. The second kappa shape index (κ2) is 5.61. The second-order valence-corrected chi connectivity index (χ2v) is 7.58. The first-order chi connectivity index (χ1) is 11.5. The zero-order valence-corrected chi connectivity index (χ0v) is 13.8. The molecule has 0 amide bonds. The molecule has 1 unspecified atom stereocenters. The van der Waals surface area contributed by atoms with E-state index in [1.54, 1.807) is 12.1 Å². The molecular weight excluding hydrogens is 322 g/mol. The molecule has 4 nitrogen and oxygen atoms in total. The maximum absolute atomic E-state index is 11.1. The van der Waals surface area contributed by atoms with Crippen molar-refractivity contribution in [3.63, 3.8) is 0 Å². The quantitative estimate of drug-likeness (QED) is 0.869. The van der Waals surface area contributed by atoms with Crippen LogP contribution in [-0.4, -0.2) is 26.1 Å². The Kier molecular flexibility index (Phi) is 3.55. The van der Waals surface area contributed by atoms with Gasteiger partial charge >= 0.3 is 0 Å². The Morgan fingerprint density at radius 2 is 1.58 bits per heavy atom. The predicted molar refractivity (Wildman–Crippen MR) is 94.6 cm³/mol. The van der Waals surface area contributed by atoms with Gasteiger partial charge in [-0.15, -0.1) is 0 Å². The van der Waals surface area contributed by atoms with E-state index in [2.05, 4.69) is 35.3 Å². The largest absolute Gasteiger partial charge is 0.367 e. The van der Waals surface area contributed by atoms with E-state index in [0.717, 1.165) is 24.2 Å². The number of hydrogen-bond acceptors (Lipinski definition) is 3. The lowest BCUT2D eigenvalue weighted by atomic mass is 10.1. The molecule has 122 valence electrons. The highest BCUT2D eigenvalue weighted by molar-refractivity contribution is 7.85. The van der Waals surface area contributed by atoms with Crippen molar-refractivity contribution in [2.75, 3.05) is 18.0 Å². The van der Waals surface area contributed by atoms with Gasteiger partial charge in [0.05, 0.1) is 4.90 Å². The number of allylic oxidation sites excluding steroid dienone is 2. The van der Waals surface area contributed by atoms with Gasteiger partial charge in [0.2, 0.25) is 0 Å². The molecule has 0 saturated carbocycles. The van der Waals surface area contributed by atoms with Crippen molar-refractivity contribution < 1.29 is 13.0 Å². The summed E-state index contributed by atoms with van der Waals surface area (Å²) in [6, 6.07) is 14.5. The summed E-state index contributed by atoms with van der Waals surface area (Å²) >= 11 is 0. The van der Waals surface area contributed by atoms with Crippen molar-refractivity contribution in [3.8, 4) is 11.1 Å². The molecule has 0 aromatic heterocycles. The van der Waals surface area contributed by atoms with Gasteiger partial charge in [0.15, 0.2) is 0 Å². The number of nitrogens with zero attached hydrogens (tertiary/aromatic N) is 1. The van der Waals surface area contributed by atoms with Gasteiger partial charge in [-0.3, -0.25) is 4.55 Å². The molecule has 1 fully saturated rings. The van der Waals surface area contributed by atoms with Crippen molar-refractivity contribution in [1.82, 2.24) is 0 Å². The Labute approximate surface area is 141 Å².